The van der Waals surface area contributed by atoms with Crippen molar-refractivity contribution in [2.24, 2.45) is 0 Å². The van der Waals surface area contributed by atoms with Gasteiger partial charge in [0.1, 0.15) is 5.82 Å². The first-order valence-corrected chi connectivity index (χ1v) is 8.16. The lowest BCUT2D eigenvalue weighted by Crippen LogP contribution is -2.41. The Morgan fingerprint density at radius 3 is 2.83 bits per heavy atom. The van der Waals surface area contributed by atoms with Gasteiger partial charge in [0.05, 0.1) is 12.1 Å². The minimum Gasteiger partial charge on any atom is -0.391 e. The highest BCUT2D eigenvalue weighted by molar-refractivity contribution is 5.74. The molecule has 3 N–H and O–H groups in total. The molecule has 0 spiro atoms. The molecular formula is C19H21FN2O2. The molecule has 0 radical (unpaired) electrons. The summed E-state index contributed by atoms with van der Waals surface area (Å²) < 4.78 is 13.2. The van der Waals surface area contributed by atoms with Crippen LogP contribution in [0.15, 0.2) is 48.5 Å². The summed E-state index contributed by atoms with van der Waals surface area (Å²) in [6.45, 7) is 0.184. The fraction of sp³-hybridized carbons (Fsp3) is 0.316. The Balaban J connectivity index is 1.47. The number of carbonyl (C=O) groups is 1. The zero-order valence-corrected chi connectivity index (χ0v) is 13.3. The SMILES string of the molecule is O=C(NCC(O)Cc1ccccc1)NC1CCc2cc(F)ccc21. The van der Waals surface area contributed by atoms with Gasteiger partial charge in [0.2, 0.25) is 0 Å². The monoisotopic (exact) mass is 328 g/mol. The summed E-state index contributed by atoms with van der Waals surface area (Å²) in [5.41, 5.74) is 2.94. The summed E-state index contributed by atoms with van der Waals surface area (Å²) in [7, 11) is 0. The van der Waals surface area contributed by atoms with E-state index < -0.39 is 6.10 Å². The van der Waals surface area contributed by atoms with Gasteiger partial charge in [-0.1, -0.05) is 36.4 Å². The van der Waals surface area contributed by atoms with Gasteiger partial charge in [0.15, 0.2) is 0 Å². The van der Waals surface area contributed by atoms with Gasteiger partial charge in [0, 0.05) is 13.0 Å². The molecule has 126 valence electrons. The fourth-order valence-corrected chi connectivity index (χ4v) is 3.11. The van der Waals surface area contributed by atoms with E-state index in [9.17, 15) is 14.3 Å². The van der Waals surface area contributed by atoms with Crippen molar-refractivity contribution < 1.29 is 14.3 Å². The van der Waals surface area contributed by atoms with Crippen molar-refractivity contribution in [1.82, 2.24) is 10.6 Å². The summed E-state index contributed by atoms with van der Waals surface area (Å²) in [4.78, 5) is 12.0. The first-order valence-electron chi connectivity index (χ1n) is 8.16. The maximum atomic E-state index is 13.2. The van der Waals surface area contributed by atoms with Gasteiger partial charge in [-0.15, -0.1) is 0 Å². The van der Waals surface area contributed by atoms with Gasteiger partial charge in [-0.25, -0.2) is 9.18 Å². The van der Waals surface area contributed by atoms with Crippen molar-refractivity contribution >= 4 is 6.03 Å². The molecule has 0 aromatic heterocycles. The van der Waals surface area contributed by atoms with Crippen LogP contribution in [0, 0.1) is 5.82 Å². The molecule has 24 heavy (non-hydrogen) atoms. The van der Waals surface area contributed by atoms with Gasteiger partial charge in [-0.2, -0.15) is 0 Å². The lowest BCUT2D eigenvalue weighted by molar-refractivity contribution is 0.170. The van der Waals surface area contributed by atoms with E-state index in [0.717, 1.165) is 29.5 Å². The van der Waals surface area contributed by atoms with E-state index in [1.807, 2.05) is 30.3 Å². The quantitative estimate of drug-likeness (QED) is 0.790. The highest BCUT2D eigenvalue weighted by Crippen LogP contribution is 2.31. The first-order chi connectivity index (χ1) is 11.6. The van der Waals surface area contributed by atoms with E-state index in [2.05, 4.69) is 10.6 Å². The zero-order chi connectivity index (χ0) is 16.9. The molecule has 0 saturated carbocycles. The summed E-state index contributed by atoms with van der Waals surface area (Å²) in [5, 5.41) is 15.6. The van der Waals surface area contributed by atoms with Crippen LogP contribution in [0.3, 0.4) is 0 Å². The summed E-state index contributed by atoms with van der Waals surface area (Å²) in [5.74, 6) is -0.247. The van der Waals surface area contributed by atoms with Gasteiger partial charge < -0.3 is 15.7 Å². The van der Waals surface area contributed by atoms with Crippen LogP contribution >= 0.6 is 0 Å². The lowest BCUT2D eigenvalue weighted by Gasteiger charge is -2.17. The van der Waals surface area contributed by atoms with E-state index in [1.165, 1.54) is 12.1 Å². The summed E-state index contributed by atoms with van der Waals surface area (Å²) in [6, 6.07) is 13.9. The van der Waals surface area contributed by atoms with Crippen molar-refractivity contribution in [3.05, 3.63) is 71.0 Å². The number of benzene rings is 2. The molecule has 1 aliphatic carbocycles. The number of rotatable bonds is 5. The van der Waals surface area contributed by atoms with E-state index in [4.69, 9.17) is 0 Å². The Bertz CT molecular complexity index is 706. The predicted octanol–water partition coefficient (Wildman–Crippen LogP) is 2.72. The van der Waals surface area contributed by atoms with Gasteiger partial charge in [-0.3, -0.25) is 0 Å². The van der Waals surface area contributed by atoms with E-state index >= 15 is 0 Å². The molecule has 2 aromatic carbocycles. The van der Waals surface area contributed by atoms with Crippen LogP contribution in [0.5, 0.6) is 0 Å². The minimum absolute atomic E-state index is 0.105. The Morgan fingerprint density at radius 1 is 1.25 bits per heavy atom. The highest BCUT2D eigenvalue weighted by Gasteiger charge is 2.24. The molecule has 0 heterocycles. The third-order valence-corrected chi connectivity index (χ3v) is 4.30. The van der Waals surface area contributed by atoms with E-state index in [-0.39, 0.29) is 24.4 Å². The fourth-order valence-electron chi connectivity index (χ4n) is 3.11. The Kier molecular flexibility index (Phi) is 5.11. The first kappa shape index (κ1) is 16.5. The molecule has 2 aromatic rings. The third-order valence-electron chi connectivity index (χ3n) is 4.30. The maximum absolute atomic E-state index is 13.2. The minimum atomic E-state index is -0.636. The van der Waals surface area contributed by atoms with Gasteiger partial charge in [-0.05, 0) is 41.7 Å². The largest absolute Gasteiger partial charge is 0.391 e. The van der Waals surface area contributed by atoms with Crippen LogP contribution in [0.1, 0.15) is 29.2 Å². The average molecular weight is 328 g/mol. The van der Waals surface area contributed by atoms with Crippen LogP contribution in [-0.2, 0) is 12.8 Å². The number of carbonyl (C=O) groups excluding carboxylic acids is 1. The summed E-state index contributed by atoms with van der Waals surface area (Å²) in [6.07, 6.45) is 1.38. The molecule has 1 aliphatic rings. The second-order valence-corrected chi connectivity index (χ2v) is 6.13. The number of urea groups is 1. The summed E-state index contributed by atoms with van der Waals surface area (Å²) >= 11 is 0. The molecule has 0 bridgehead atoms. The Morgan fingerprint density at radius 2 is 2.04 bits per heavy atom. The highest BCUT2D eigenvalue weighted by atomic mass is 19.1. The molecule has 5 heteroatoms. The normalized spacial score (nSPS) is 17.2. The molecule has 3 rings (SSSR count). The van der Waals surface area contributed by atoms with Crippen molar-refractivity contribution in [2.45, 2.75) is 31.4 Å². The van der Waals surface area contributed by atoms with Crippen molar-refractivity contribution in [3.8, 4) is 0 Å². The van der Waals surface area contributed by atoms with Crippen LogP contribution in [0.2, 0.25) is 0 Å². The molecule has 0 fully saturated rings. The topological polar surface area (TPSA) is 61.4 Å². The number of fused-ring (bicyclic) bond motifs is 1. The molecule has 2 atom stereocenters. The second kappa shape index (κ2) is 7.45. The number of hydrogen-bond acceptors (Lipinski definition) is 2. The smallest absolute Gasteiger partial charge is 0.315 e. The maximum Gasteiger partial charge on any atom is 0.315 e. The number of nitrogens with one attached hydrogen (secondary N) is 2. The van der Waals surface area contributed by atoms with Crippen LogP contribution in [0.25, 0.3) is 0 Å². The Labute approximate surface area is 140 Å². The molecule has 2 unspecified atom stereocenters. The number of hydrogen-bond donors (Lipinski definition) is 3. The third kappa shape index (κ3) is 4.11. The van der Waals surface area contributed by atoms with E-state index in [0.29, 0.717) is 6.42 Å². The zero-order valence-electron chi connectivity index (χ0n) is 13.3. The van der Waals surface area contributed by atoms with Gasteiger partial charge >= 0.3 is 6.03 Å². The molecule has 0 saturated heterocycles. The van der Waals surface area contributed by atoms with Crippen LogP contribution in [-0.4, -0.2) is 23.8 Å². The lowest BCUT2D eigenvalue weighted by atomic mass is 10.1. The standard InChI is InChI=1S/C19H21FN2O2/c20-15-7-8-17-14(11-15)6-9-18(17)22-19(24)21-12-16(23)10-13-4-2-1-3-5-13/h1-5,7-8,11,16,18,23H,6,9-10,12H2,(H2,21,22,24). The number of amides is 2. The average Bonchev–Trinajstić information content (AvgIpc) is 2.96. The van der Waals surface area contributed by atoms with Crippen LogP contribution in [0.4, 0.5) is 9.18 Å². The Hall–Kier alpha value is -2.40. The predicted molar refractivity (Wildman–Crippen MR) is 90.1 cm³/mol. The molecule has 0 aliphatic heterocycles. The molecule has 2 amide bonds. The van der Waals surface area contributed by atoms with Crippen molar-refractivity contribution in [3.63, 3.8) is 0 Å². The number of aliphatic hydroxyl groups is 1. The van der Waals surface area contributed by atoms with Crippen molar-refractivity contribution in [1.29, 1.82) is 0 Å². The molecular weight excluding hydrogens is 307 g/mol. The number of aliphatic hydroxyl groups excluding tert-OH is 1. The van der Waals surface area contributed by atoms with Crippen LogP contribution < -0.4 is 10.6 Å². The van der Waals surface area contributed by atoms with Gasteiger partial charge in [0.25, 0.3) is 0 Å². The van der Waals surface area contributed by atoms with Crippen molar-refractivity contribution in [2.75, 3.05) is 6.54 Å². The number of halogens is 1. The second-order valence-electron chi connectivity index (χ2n) is 6.13. The number of aryl methyl sites for hydroxylation is 1. The molecule has 4 nitrogen and oxygen atoms in total. The van der Waals surface area contributed by atoms with E-state index in [1.54, 1.807) is 6.07 Å².